The smallest absolute Gasteiger partial charge is 0.161 e. The fraction of sp³-hybridized carbons (Fsp3) is 0.600. The Hall–Kier alpha value is -1.26. The van der Waals surface area contributed by atoms with E-state index in [9.17, 15) is 0 Å². The van der Waals surface area contributed by atoms with E-state index in [-0.39, 0.29) is 0 Å². The highest BCUT2D eigenvalue weighted by Gasteiger charge is 2.19. The molecule has 0 bridgehead atoms. The molecule has 1 heterocycles. The van der Waals surface area contributed by atoms with Crippen LogP contribution in [-0.2, 0) is 6.54 Å². The Kier molecular flexibility index (Phi) is 4.20. The van der Waals surface area contributed by atoms with Gasteiger partial charge in [0.15, 0.2) is 11.5 Å². The third-order valence-electron chi connectivity index (χ3n) is 3.45. The Morgan fingerprint density at radius 2 is 1.89 bits per heavy atom. The molecule has 3 rings (SSSR count). The number of hydrogen-bond donors (Lipinski definition) is 2. The zero-order chi connectivity index (χ0) is 12.9. The highest BCUT2D eigenvalue weighted by atomic mass is 16.5. The molecule has 19 heavy (non-hydrogen) atoms. The average molecular weight is 262 g/mol. The molecule has 4 heteroatoms. The summed E-state index contributed by atoms with van der Waals surface area (Å²) in [6.07, 6.45) is 3.65. The molecule has 2 N–H and O–H groups in total. The molecule has 1 saturated carbocycles. The van der Waals surface area contributed by atoms with E-state index >= 15 is 0 Å². The maximum atomic E-state index is 5.69. The number of nitrogens with one attached hydrogen (secondary N) is 2. The van der Waals surface area contributed by atoms with E-state index in [1.165, 1.54) is 18.4 Å². The molecule has 2 aliphatic rings. The number of rotatable bonds is 6. The second-order valence-corrected chi connectivity index (χ2v) is 5.24. The van der Waals surface area contributed by atoms with Crippen molar-refractivity contribution in [2.75, 3.05) is 26.3 Å². The summed E-state index contributed by atoms with van der Waals surface area (Å²) in [6.45, 7) is 4.43. The minimum atomic E-state index is 0.745. The first kappa shape index (κ1) is 12.8. The molecule has 4 nitrogen and oxygen atoms in total. The molecule has 0 saturated heterocycles. The maximum Gasteiger partial charge on any atom is 0.161 e. The van der Waals surface area contributed by atoms with Gasteiger partial charge in [-0.1, -0.05) is 6.07 Å². The summed E-state index contributed by atoms with van der Waals surface area (Å²) < 4.78 is 11.3. The van der Waals surface area contributed by atoms with Gasteiger partial charge in [-0.2, -0.15) is 0 Å². The summed E-state index contributed by atoms with van der Waals surface area (Å²) in [7, 11) is 0. The molecule has 1 aliphatic carbocycles. The summed E-state index contributed by atoms with van der Waals surface area (Å²) >= 11 is 0. The van der Waals surface area contributed by atoms with E-state index in [0.717, 1.165) is 56.8 Å². The van der Waals surface area contributed by atoms with E-state index in [1.54, 1.807) is 0 Å². The van der Waals surface area contributed by atoms with Gasteiger partial charge in [-0.05, 0) is 30.5 Å². The quantitative estimate of drug-likeness (QED) is 0.766. The molecule has 0 radical (unpaired) electrons. The van der Waals surface area contributed by atoms with Crippen LogP contribution in [0.5, 0.6) is 11.5 Å². The molecule has 1 aliphatic heterocycles. The van der Waals surface area contributed by atoms with Crippen molar-refractivity contribution in [3.63, 3.8) is 0 Å². The molecule has 1 fully saturated rings. The van der Waals surface area contributed by atoms with Crippen molar-refractivity contribution >= 4 is 0 Å². The van der Waals surface area contributed by atoms with E-state index in [1.807, 2.05) is 6.07 Å². The standard InChI is InChI=1S/C15H22N2O2/c1-8-18-14-5-2-12(10-15(14)19-9-1)11-16-6-7-17-13-3-4-13/h2,5,10,13,16-17H,1,3-4,6-9,11H2. The first-order valence-corrected chi connectivity index (χ1v) is 7.24. The van der Waals surface area contributed by atoms with Crippen LogP contribution in [-0.4, -0.2) is 32.3 Å². The molecular weight excluding hydrogens is 240 g/mol. The molecule has 0 spiro atoms. The molecule has 1 aromatic carbocycles. The minimum Gasteiger partial charge on any atom is -0.490 e. The third kappa shape index (κ3) is 3.85. The first-order valence-electron chi connectivity index (χ1n) is 7.24. The highest BCUT2D eigenvalue weighted by molar-refractivity contribution is 5.43. The fourth-order valence-electron chi connectivity index (χ4n) is 2.20. The van der Waals surface area contributed by atoms with Crippen molar-refractivity contribution < 1.29 is 9.47 Å². The van der Waals surface area contributed by atoms with Crippen LogP contribution in [0.4, 0.5) is 0 Å². The van der Waals surface area contributed by atoms with E-state index < -0.39 is 0 Å². The number of hydrogen-bond acceptors (Lipinski definition) is 4. The van der Waals surface area contributed by atoms with E-state index in [4.69, 9.17) is 9.47 Å². The lowest BCUT2D eigenvalue weighted by atomic mass is 10.2. The Balaban J connectivity index is 1.45. The highest BCUT2D eigenvalue weighted by Crippen LogP contribution is 2.30. The lowest BCUT2D eigenvalue weighted by Gasteiger charge is -2.10. The normalized spacial score (nSPS) is 18.1. The van der Waals surface area contributed by atoms with Crippen molar-refractivity contribution in [1.29, 1.82) is 0 Å². The van der Waals surface area contributed by atoms with Crippen molar-refractivity contribution in [2.24, 2.45) is 0 Å². The zero-order valence-electron chi connectivity index (χ0n) is 11.3. The Morgan fingerprint density at radius 1 is 1.05 bits per heavy atom. The average Bonchev–Trinajstić information content (AvgIpc) is 3.24. The lowest BCUT2D eigenvalue weighted by Crippen LogP contribution is -2.28. The second kappa shape index (κ2) is 6.26. The van der Waals surface area contributed by atoms with Gasteiger partial charge in [0, 0.05) is 32.1 Å². The van der Waals surface area contributed by atoms with Gasteiger partial charge in [-0.3, -0.25) is 0 Å². The van der Waals surface area contributed by atoms with Crippen molar-refractivity contribution in [1.82, 2.24) is 10.6 Å². The lowest BCUT2D eigenvalue weighted by molar-refractivity contribution is 0.297. The number of benzene rings is 1. The summed E-state index contributed by atoms with van der Waals surface area (Å²) in [4.78, 5) is 0. The fourth-order valence-corrected chi connectivity index (χ4v) is 2.20. The zero-order valence-corrected chi connectivity index (χ0v) is 11.3. The SMILES string of the molecule is c1cc2c(cc1CNCCNC1CC1)OCCCO2. The largest absolute Gasteiger partial charge is 0.490 e. The monoisotopic (exact) mass is 262 g/mol. The summed E-state index contributed by atoms with van der Waals surface area (Å²) in [6, 6.07) is 7.00. The van der Waals surface area contributed by atoms with Crippen molar-refractivity contribution in [3.05, 3.63) is 23.8 Å². The van der Waals surface area contributed by atoms with Gasteiger partial charge in [0.2, 0.25) is 0 Å². The molecule has 0 amide bonds. The predicted molar refractivity (Wildman–Crippen MR) is 74.8 cm³/mol. The Bertz CT molecular complexity index is 419. The second-order valence-electron chi connectivity index (χ2n) is 5.24. The molecule has 0 aromatic heterocycles. The van der Waals surface area contributed by atoms with Crippen LogP contribution >= 0.6 is 0 Å². The van der Waals surface area contributed by atoms with Crippen LogP contribution < -0.4 is 20.1 Å². The Labute approximate surface area is 114 Å². The molecule has 0 unspecified atom stereocenters. The first-order chi connectivity index (χ1) is 9.42. The molecule has 104 valence electrons. The van der Waals surface area contributed by atoms with Crippen LogP contribution in [0, 0.1) is 0 Å². The topological polar surface area (TPSA) is 42.5 Å². The number of ether oxygens (including phenoxy) is 2. The van der Waals surface area contributed by atoms with Gasteiger partial charge < -0.3 is 20.1 Å². The Morgan fingerprint density at radius 3 is 2.74 bits per heavy atom. The van der Waals surface area contributed by atoms with Gasteiger partial charge in [-0.25, -0.2) is 0 Å². The van der Waals surface area contributed by atoms with Gasteiger partial charge in [0.05, 0.1) is 13.2 Å². The van der Waals surface area contributed by atoms with Gasteiger partial charge >= 0.3 is 0 Å². The van der Waals surface area contributed by atoms with E-state index in [0.29, 0.717) is 0 Å². The van der Waals surface area contributed by atoms with Crippen LogP contribution in [0.25, 0.3) is 0 Å². The number of fused-ring (bicyclic) bond motifs is 1. The summed E-state index contributed by atoms with van der Waals surface area (Å²) in [5, 5.41) is 6.94. The molecule has 0 atom stereocenters. The van der Waals surface area contributed by atoms with Gasteiger partial charge in [0.1, 0.15) is 0 Å². The van der Waals surface area contributed by atoms with Crippen LogP contribution in [0.3, 0.4) is 0 Å². The third-order valence-corrected chi connectivity index (χ3v) is 3.45. The summed E-state index contributed by atoms with van der Waals surface area (Å²) in [5.74, 6) is 1.75. The van der Waals surface area contributed by atoms with Crippen LogP contribution in [0.2, 0.25) is 0 Å². The predicted octanol–water partition coefficient (Wildman–Crippen LogP) is 1.69. The van der Waals surface area contributed by atoms with Crippen LogP contribution in [0.15, 0.2) is 18.2 Å². The maximum absolute atomic E-state index is 5.69. The van der Waals surface area contributed by atoms with Crippen molar-refractivity contribution in [3.8, 4) is 11.5 Å². The summed E-state index contributed by atoms with van der Waals surface area (Å²) in [5.41, 5.74) is 1.25. The minimum absolute atomic E-state index is 0.745. The van der Waals surface area contributed by atoms with Gasteiger partial charge in [-0.15, -0.1) is 0 Å². The van der Waals surface area contributed by atoms with E-state index in [2.05, 4.69) is 22.8 Å². The van der Waals surface area contributed by atoms with Gasteiger partial charge in [0.25, 0.3) is 0 Å². The molecule has 1 aromatic rings. The molecular formula is C15H22N2O2. The van der Waals surface area contributed by atoms with Crippen LogP contribution in [0.1, 0.15) is 24.8 Å². The van der Waals surface area contributed by atoms with Crippen molar-refractivity contribution in [2.45, 2.75) is 31.8 Å².